The highest BCUT2D eigenvalue weighted by atomic mass is 16.5. The van der Waals surface area contributed by atoms with E-state index in [1.807, 2.05) is 19.1 Å². The molecule has 4 heteroatoms. The van der Waals surface area contributed by atoms with Crippen molar-refractivity contribution < 1.29 is 14.6 Å². The van der Waals surface area contributed by atoms with Gasteiger partial charge in [0.15, 0.2) is 0 Å². The van der Waals surface area contributed by atoms with Crippen LogP contribution in [0.25, 0.3) is 0 Å². The average Bonchev–Trinajstić information content (AvgIpc) is 2.45. The Balaban J connectivity index is 2.20. The molecule has 0 fully saturated rings. The molecule has 2 N–H and O–H groups in total. The molecule has 1 unspecified atom stereocenters. The van der Waals surface area contributed by atoms with Crippen molar-refractivity contribution in [3.05, 3.63) is 35.4 Å². The third kappa shape index (κ3) is 6.48. The first-order chi connectivity index (χ1) is 9.65. The maximum absolute atomic E-state index is 9.84. The number of aliphatic hydroxyl groups excluding tert-OH is 1. The van der Waals surface area contributed by atoms with Crippen LogP contribution < -0.4 is 5.32 Å². The zero-order valence-electron chi connectivity index (χ0n) is 12.8. The molecule has 20 heavy (non-hydrogen) atoms. The first kappa shape index (κ1) is 17.1. The predicted octanol–water partition coefficient (Wildman–Crippen LogP) is 2.06. The Labute approximate surface area is 122 Å². The van der Waals surface area contributed by atoms with Crippen LogP contribution in [0.4, 0.5) is 0 Å². The molecule has 0 radical (unpaired) electrons. The van der Waals surface area contributed by atoms with Crippen molar-refractivity contribution in [1.29, 1.82) is 0 Å². The van der Waals surface area contributed by atoms with E-state index < -0.39 is 6.10 Å². The Hall–Kier alpha value is -0.940. The van der Waals surface area contributed by atoms with Gasteiger partial charge in [-0.3, -0.25) is 0 Å². The number of aliphatic hydroxyl groups is 1. The number of benzene rings is 1. The smallest absolute Gasteiger partial charge is 0.0897 e. The van der Waals surface area contributed by atoms with E-state index in [9.17, 15) is 5.11 Å². The van der Waals surface area contributed by atoms with Crippen molar-refractivity contribution in [2.75, 3.05) is 33.0 Å². The minimum Gasteiger partial charge on any atom is -0.389 e. The molecule has 0 saturated carbocycles. The van der Waals surface area contributed by atoms with E-state index in [1.54, 1.807) is 0 Å². The fourth-order valence-electron chi connectivity index (χ4n) is 2.04. The fraction of sp³-hybridized carbons (Fsp3) is 0.625. The molecule has 1 rings (SSSR count). The molecule has 0 heterocycles. The first-order valence-electron chi connectivity index (χ1n) is 7.27. The van der Waals surface area contributed by atoms with E-state index >= 15 is 0 Å². The average molecular weight is 281 g/mol. The number of hydrogen-bond donors (Lipinski definition) is 2. The fourth-order valence-corrected chi connectivity index (χ4v) is 2.04. The first-order valence-corrected chi connectivity index (χ1v) is 7.27. The van der Waals surface area contributed by atoms with Gasteiger partial charge in [0.05, 0.1) is 25.9 Å². The second kappa shape index (κ2) is 9.88. The van der Waals surface area contributed by atoms with Crippen LogP contribution in [-0.2, 0) is 9.47 Å². The summed E-state index contributed by atoms with van der Waals surface area (Å²) in [6, 6.07) is 8.49. The van der Waals surface area contributed by atoms with E-state index in [0.29, 0.717) is 33.0 Å². The molecular weight excluding hydrogens is 254 g/mol. The van der Waals surface area contributed by atoms with Gasteiger partial charge in [-0.25, -0.2) is 0 Å². The van der Waals surface area contributed by atoms with Gasteiger partial charge in [-0.2, -0.15) is 0 Å². The van der Waals surface area contributed by atoms with E-state index in [0.717, 1.165) is 0 Å². The van der Waals surface area contributed by atoms with E-state index in [1.165, 1.54) is 11.1 Å². The molecule has 1 aromatic carbocycles. The van der Waals surface area contributed by atoms with E-state index in [4.69, 9.17) is 9.47 Å². The molecule has 0 aromatic heterocycles. The lowest BCUT2D eigenvalue weighted by Crippen LogP contribution is -2.32. The SMILES string of the molecule is CCOCCOCC(O)CN[C@H](C)c1ccccc1C. The molecule has 0 saturated heterocycles. The van der Waals surface area contributed by atoms with Crippen molar-refractivity contribution in [1.82, 2.24) is 5.32 Å². The second-order valence-electron chi connectivity index (χ2n) is 4.91. The second-order valence-corrected chi connectivity index (χ2v) is 4.91. The molecular formula is C16H27NO3. The van der Waals surface area contributed by atoms with Crippen LogP contribution in [0, 0.1) is 6.92 Å². The minimum absolute atomic E-state index is 0.217. The summed E-state index contributed by atoms with van der Waals surface area (Å²) in [4.78, 5) is 0. The normalized spacial score (nSPS) is 14.2. The zero-order valence-corrected chi connectivity index (χ0v) is 12.8. The maximum Gasteiger partial charge on any atom is 0.0897 e. The van der Waals surface area contributed by atoms with E-state index in [2.05, 4.69) is 31.3 Å². The summed E-state index contributed by atoms with van der Waals surface area (Å²) in [6.45, 7) is 8.80. The summed E-state index contributed by atoms with van der Waals surface area (Å²) in [7, 11) is 0. The van der Waals surface area contributed by atoms with Crippen molar-refractivity contribution in [2.45, 2.75) is 32.9 Å². The van der Waals surface area contributed by atoms with Gasteiger partial charge in [-0.05, 0) is 31.9 Å². The Kier molecular flexibility index (Phi) is 8.46. The molecule has 2 atom stereocenters. The molecule has 0 spiro atoms. The number of nitrogens with one attached hydrogen (secondary N) is 1. The minimum atomic E-state index is -0.497. The number of hydrogen-bond acceptors (Lipinski definition) is 4. The van der Waals surface area contributed by atoms with Crippen LogP contribution in [0.2, 0.25) is 0 Å². The number of rotatable bonds is 10. The summed E-state index contributed by atoms with van der Waals surface area (Å²) >= 11 is 0. The van der Waals surface area contributed by atoms with Gasteiger partial charge in [-0.15, -0.1) is 0 Å². The van der Waals surface area contributed by atoms with Crippen LogP contribution in [0.15, 0.2) is 24.3 Å². The standard InChI is InChI=1S/C16H27NO3/c1-4-19-9-10-20-12-15(18)11-17-14(3)16-8-6-5-7-13(16)2/h5-8,14-15,17-18H,4,9-12H2,1-3H3/t14-,15?/m1/s1. The molecule has 0 amide bonds. The highest BCUT2D eigenvalue weighted by Crippen LogP contribution is 2.16. The van der Waals surface area contributed by atoms with Crippen molar-refractivity contribution in [3.8, 4) is 0 Å². The lowest BCUT2D eigenvalue weighted by Gasteiger charge is -2.19. The van der Waals surface area contributed by atoms with Crippen LogP contribution in [0.1, 0.15) is 31.0 Å². The van der Waals surface area contributed by atoms with Gasteiger partial charge >= 0.3 is 0 Å². The van der Waals surface area contributed by atoms with Gasteiger partial charge in [-0.1, -0.05) is 24.3 Å². The summed E-state index contributed by atoms with van der Waals surface area (Å²) in [6.07, 6.45) is -0.497. The highest BCUT2D eigenvalue weighted by molar-refractivity contribution is 5.28. The topological polar surface area (TPSA) is 50.7 Å². The predicted molar refractivity (Wildman–Crippen MR) is 80.9 cm³/mol. The number of aryl methyl sites for hydroxylation is 1. The van der Waals surface area contributed by atoms with Gasteiger partial charge in [0, 0.05) is 19.2 Å². The highest BCUT2D eigenvalue weighted by Gasteiger charge is 2.10. The Bertz CT molecular complexity index is 370. The Morgan fingerprint density at radius 1 is 1.20 bits per heavy atom. The van der Waals surface area contributed by atoms with Crippen LogP contribution in [0.3, 0.4) is 0 Å². The maximum atomic E-state index is 9.84. The van der Waals surface area contributed by atoms with Crippen molar-refractivity contribution in [3.63, 3.8) is 0 Å². The van der Waals surface area contributed by atoms with Crippen LogP contribution in [0.5, 0.6) is 0 Å². The molecule has 0 aliphatic heterocycles. The summed E-state index contributed by atoms with van der Waals surface area (Å²) in [5.74, 6) is 0. The van der Waals surface area contributed by atoms with Gasteiger partial charge in [0.25, 0.3) is 0 Å². The molecule has 4 nitrogen and oxygen atoms in total. The summed E-state index contributed by atoms with van der Waals surface area (Å²) in [5.41, 5.74) is 2.52. The zero-order chi connectivity index (χ0) is 14.8. The van der Waals surface area contributed by atoms with Crippen LogP contribution >= 0.6 is 0 Å². The monoisotopic (exact) mass is 281 g/mol. The van der Waals surface area contributed by atoms with Gasteiger partial charge in [0.1, 0.15) is 0 Å². The molecule has 0 aliphatic rings. The lowest BCUT2D eigenvalue weighted by molar-refractivity contribution is 0.00585. The van der Waals surface area contributed by atoms with Crippen molar-refractivity contribution >= 4 is 0 Å². The quantitative estimate of drug-likeness (QED) is 0.645. The summed E-state index contributed by atoms with van der Waals surface area (Å²) < 4.78 is 10.5. The molecule has 0 bridgehead atoms. The largest absolute Gasteiger partial charge is 0.389 e. The third-order valence-electron chi connectivity index (χ3n) is 3.20. The Morgan fingerprint density at radius 3 is 2.60 bits per heavy atom. The molecule has 1 aromatic rings. The van der Waals surface area contributed by atoms with Crippen molar-refractivity contribution in [2.24, 2.45) is 0 Å². The lowest BCUT2D eigenvalue weighted by atomic mass is 10.0. The van der Waals surface area contributed by atoms with Crippen LogP contribution in [-0.4, -0.2) is 44.2 Å². The third-order valence-corrected chi connectivity index (χ3v) is 3.20. The van der Waals surface area contributed by atoms with Gasteiger partial charge < -0.3 is 19.9 Å². The Morgan fingerprint density at radius 2 is 1.90 bits per heavy atom. The number of ether oxygens (including phenoxy) is 2. The van der Waals surface area contributed by atoms with E-state index in [-0.39, 0.29) is 6.04 Å². The summed E-state index contributed by atoms with van der Waals surface area (Å²) in [5, 5.41) is 13.2. The van der Waals surface area contributed by atoms with Gasteiger partial charge in [0.2, 0.25) is 0 Å². The molecule has 114 valence electrons. The molecule has 0 aliphatic carbocycles.